The predicted octanol–water partition coefficient (Wildman–Crippen LogP) is 2.96. The number of hydrogen-bond donors (Lipinski definition) is 1. The maximum Gasteiger partial charge on any atom is 0.218 e. The lowest BCUT2D eigenvalue weighted by atomic mass is 9.73. The van der Waals surface area contributed by atoms with Gasteiger partial charge in [-0.3, -0.25) is 0 Å². The van der Waals surface area contributed by atoms with E-state index in [9.17, 15) is 0 Å². The Bertz CT molecular complexity index is 489. The van der Waals surface area contributed by atoms with Gasteiger partial charge >= 0.3 is 0 Å². The molecule has 104 valence electrons. The van der Waals surface area contributed by atoms with Gasteiger partial charge < -0.3 is 15.2 Å². The molecule has 3 rings (SSSR count). The highest BCUT2D eigenvalue weighted by Gasteiger charge is 2.45. The van der Waals surface area contributed by atoms with Crippen molar-refractivity contribution in [1.29, 1.82) is 0 Å². The summed E-state index contributed by atoms with van der Waals surface area (Å²) in [6.45, 7) is 6.06. The zero-order chi connectivity index (χ0) is 13.7. The van der Waals surface area contributed by atoms with Crippen LogP contribution in [0.4, 0.5) is 0 Å². The van der Waals surface area contributed by atoms with Crippen molar-refractivity contribution in [2.75, 3.05) is 0 Å². The Balaban J connectivity index is 1.87. The normalized spacial score (nSPS) is 24.3. The fourth-order valence-corrected chi connectivity index (χ4v) is 2.84. The summed E-state index contributed by atoms with van der Waals surface area (Å²) < 4.78 is 11.9. The number of rotatable bonds is 1. The topological polar surface area (TPSA) is 57.4 Å². The third-order valence-corrected chi connectivity index (χ3v) is 3.85. The number of nitrogens with two attached hydrogens (primary N) is 1. The van der Waals surface area contributed by atoms with E-state index < -0.39 is 0 Å². The molecule has 1 aliphatic carbocycles. The van der Waals surface area contributed by atoms with Gasteiger partial charge in [0.05, 0.1) is 6.20 Å². The number of fused-ring (bicyclic) bond motifs is 1. The summed E-state index contributed by atoms with van der Waals surface area (Å²) in [6.07, 6.45) is 6.05. The van der Waals surface area contributed by atoms with Crippen LogP contribution in [-0.4, -0.2) is 16.2 Å². The van der Waals surface area contributed by atoms with E-state index in [1.165, 1.54) is 6.42 Å². The number of nitrogens with zero attached hydrogens (tertiary/aromatic N) is 1. The van der Waals surface area contributed by atoms with Crippen LogP contribution in [0.3, 0.4) is 0 Å². The first-order chi connectivity index (χ1) is 8.87. The van der Waals surface area contributed by atoms with Crippen molar-refractivity contribution in [3.05, 3.63) is 17.8 Å². The molecule has 0 radical (unpaired) electrons. The molecular weight excluding hydrogens is 240 g/mol. The zero-order valence-electron chi connectivity index (χ0n) is 11.9. The highest BCUT2D eigenvalue weighted by Crippen LogP contribution is 2.47. The van der Waals surface area contributed by atoms with Crippen molar-refractivity contribution >= 4 is 0 Å². The first-order valence-electron chi connectivity index (χ1n) is 7.01. The van der Waals surface area contributed by atoms with Gasteiger partial charge in [0.15, 0.2) is 0 Å². The van der Waals surface area contributed by atoms with Crippen molar-refractivity contribution in [3.8, 4) is 11.6 Å². The van der Waals surface area contributed by atoms with E-state index in [0.717, 1.165) is 30.6 Å². The monoisotopic (exact) mass is 262 g/mol. The smallest absolute Gasteiger partial charge is 0.218 e. The quantitative estimate of drug-likeness (QED) is 0.845. The fraction of sp³-hybridized carbons (Fsp3) is 0.667. The molecule has 0 unspecified atom stereocenters. The van der Waals surface area contributed by atoms with E-state index in [-0.39, 0.29) is 17.2 Å². The van der Waals surface area contributed by atoms with Crippen molar-refractivity contribution in [1.82, 2.24) is 4.98 Å². The summed E-state index contributed by atoms with van der Waals surface area (Å²) in [6, 6.07) is 1.98. The molecule has 1 atom stereocenters. The molecule has 2 N–H and O–H groups in total. The average molecular weight is 262 g/mol. The molecule has 4 nitrogen and oxygen atoms in total. The van der Waals surface area contributed by atoms with Crippen molar-refractivity contribution in [2.24, 2.45) is 5.73 Å². The van der Waals surface area contributed by atoms with Gasteiger partial charge in [0.2, 0.25) is 5.88 Å². The van der Waals surface area contributed by atoms with E-state index in [4.69, 9.17) is 15.2 Å². The lowest BCUT2D eigenvalue weighted by molar-refractivity contribution is -0.0371. The molecule has 1 aliphatic heterocycles. The molecule has 0 bridgehead atoms. The van der Waals surface area contributed by atoms with Crippen LogP contribution in [0.2, 0.25) is 0 Å². The minimum absolute atomic E-state index is 0.0000633. The van der Waals surface area contributed by atoms with Crippen LogP contribution in [0, 0.1) is 0 Å². The van der Waals surface area contributed by atoms with E-state index >= 15 is 0 Å². The molecule has 1 saturated carbocycles. The standard InChI is InChI=1S/C15H22N2O2/c1-14(2,3)18-10-7-11-12(16)8-15(5-4-6-15)19-13(11)17-9-10/h7,9,12H,4-6,8,16H2,1-3H3/t12-/m0/s1. The second-order valence-corrected chi connectivity index (χ2v) is 6.73. The molecule has 1 fully saturated rings. The van der Waals surface area contributed by atoms with Crippen LogP contribution in [-0.2, 0) is 0 Å². The van der Waals surface area contributed by atoms with Gasteiger partial charge in [-0.25, -0.2) is 4.98 Å². The lowest BCUT2D eigenvalue weighted by Crippen LogP contribution is -2.48. The SMILES string of the molecule is CC(C)(C)Oc1cnc2c(c1)[C@@H](N)CC1(CCC1)O2. The molecule has 19 heavy (non-hydrogen) atoms. The van der Waals surface area contributed by atoms with Crippen LogP contribution in [0.15, 0.2) is 12.3 Å². The predicted molar refractivity (Wildman–Crippen MR) is 73.4 cm³/mol. The molecule has 2 aliphatic rings. The summed E-state index contributed by atoms with van der Waals surface area (Å²) >= 11 is 0. The molecule has 1 spiro atoms. The largest absolute Gasteiger partial charge is 0.487 e. The average Bonchev–Trinajstić information content (AvgIpc) is 2.25. The Morgan fingerprint density at radius 1 is 1.42 bits per heavy atom. The van der Waals surface area contributed by atoms with Crippen LogP contribution >= 0.6 is 0 Å². The number of hydrogen-bond acceptors (Lipinski definition) is 4. The first-order valence-corrected chi connectivity index (χ1v) is 7.01. The minimum atomic E-state index is -0.231. The summed E-state index contributed by atoms with van der Waals surface area (Å²) in [4.78, 5) is 4.40. The number of pyridine rings is 1. The highest BCUT2D eigenvalue weighted by molar-refractivity contribution is 5.38. The van der Waals surface area contributed by atoms with Gasteiger partial charge in [0, 0.05) is 18.0 Å². The van der Waals surface area contributed by atoms with Crippen LogP contribution in [0.1, 0.15) is 58.1 Å². The van der Waals surface area contributed by atoms with Crippen molar-refractivity contribution < 1.29 is 9.47 Å². The lowest BCUT2D eigenvalue weighted by Gasteiger charge is -2.46. The summed E-state index contributed by atoms with van der Waals surface area (Å²) in [5.74, 6) is 1.45. The van der Waals surface area contributed by atoms with Crippen molar-refractivity contribution in [2.45, 2.75) is 63.7 Å². The summed E-state index contributed by atoms with van der Waals surface area (Å²) in [5.41, 5.74) is 6.99. The Morgan fingerprint density at radius 3 is 2.74 bits per heavy atom. The molecule has 0 saturated heterocycles. The Labute approximate surface area is 114 Å². The van der Waals surface area contributed by atoms with E-state index in [1.54, 1.807) is 6.20 Å². The molecule has 0 aromatic carbocycles. The second kappa shape index (κ2) is 4.10. The Hall–Kier alpha value is -1.29. The van der Waals surface area contributed by atoms with Gasteiger partial charge in [-0.15, -0.1) is 0 Å². The molecule has 1 aromatic heterocycles. The number of aromatic nitrogens is 1. The molecule has 0 amide bonds. The van der Waals surface area contributed by atoms with E-state index in [1.807, 2.05) is 26.8 Å². The van der Waals surface area contributed by atoms with Gasteiger partial charge in [-0.1, -0.05) is 0 Å². The van der Waals surface area contributed by atoms with Crippen LogP contribution < -0.4 is 15.2 Å². The third kappa shape index (κ3) is 2.41. The van der Waals surface area contributed by atoms with Gasteiger partial charge in [-0.05, 0) is 46.1 Å². The molecular formula is C15H22N2O2. The van der Waals surface area contributed by atoms with Gasteiger partial charge in [0.1, 0.15) is 17.0 Å². The minimum Gasteiger partial charge on any atom is -0.487 e. The molecule has 4 heteroatoms. The summed E-state index contributed by atoms with van der Waals surface area (Å²) in [7, 11) is 0. The molecule has 2 heterocycles. The molecule has 1 aromatic rings. The maximum atomic E-state index is 6.29. The Morgan fingerprint density at radius 2 is 2.16 bits per heavy atom. The zero-order valence-corrected chi connectivity index (χ0v) is 11.9. The summed E-state index contributed by atoms with van der Waals surface area (Å²) in [5, 5.41) is 0. The number of ether oxygens (including phenoxy) is 2. The van der Waals surface area contributed by atoms with Crippen molar-refractivity contribution in [3.63, 3.8) is 0 Å². The third-order valence-electron chi connectivity index (χ3n) is 3.85. The van der Waals surface area contributed by atoms with Gasteiger partial charge in [-0.2, -0.15) is 0 Å². The second-order valence-electron chi connectivity index (χ2n) is 6.73. The highest BCUT2D eigenvalue weighted by atomic mass is 16.5. The van der Waals surface area contributed by atoms with E-state index in [2.05, 4.69) is 4.98 Å². The van der Waals surface area contributed by atoms with Crippen LogP contribution in [0.25, 0.3) is 0 Å². The fourth-order valence-electron chi connectivity index (χ4n) is 2.84. The Kier molecular flexibility index (Phi) is 2.75. The van der Waals surface area contributed by atoms with Gasteiger partial charge in [0.25, 0.3) is 0 Å². The van der Waals surface area contributed by atoms with E-state index in [0.29, 0.717) is 5.88 Å². The maximum absolute atomic E-state index is 6.29. The first kappa shape index (κ1) is 12.7. The van der Waals surface area contributed by atoms with Crippen LogP contribution in [0.5, 0.6) is 11.6 Å².